The Hall–Kier alpha value is -4.04. The summed E-state index contributed by atoms with van der Waals surface area (Å²) in [4.78, 5) is 29.0. The molecule has 3 aromatic carbocycles. The van der Waals surface area contributed by atoms with Gasteiger partial charge in [-0.3, -0.25) is 14.6 Å². The molecular formula is C29H30N2O5S. The minimum atomic E-state index is -0.262. The first-order chi connectivity index (χ1) is 17.9. The zero-order valence-corrected chi connectivity index (χ0v) is 21.9. The minimum absolute atomic E-state index is 0.0650. The van der Waals surface area contributed by atoms with Crippen LogP contribution in [0.25, 0.3) is 11.1 Å². The van der Waals surface area contributed by atoms with Gasteiger partial charge in [-0.15, -0.1) is 0 Å². The van der Waals surface area contributed by atoms with E-state index in [1.54, 1.807) is 30.1 Å². The van der Waals surface area contributed by atoms with Crippen LogP contribution in [-0.4, -0.2) is 41.2 Å². The summed E-state index contributed by atoms with van der Waals surface area (Å²) in [6.45, 7) is 5.26. The first kappa shape index (κ1) is 26.0. The maximum atomic E-state index is 13.1. The summed E-state index contributed by atoms with van der Waals surface area (Å²) in [5.41, 5.74) is 4.63. The van der Waals surface area contributed by atoms with Crippen LogP contribution in [0.4, 0.5) is 0 Å². The third-order valence-electron chi connectivity index (χ3n) is 5.84. The van der Waals surface area contributed by atoms with Gasteiger partial charge >= 0.3 is 4.87 Å². The molecule has 1 aromatic heterocycles. The largest absolute Gasteiger partial charge is 0.494 e. The number of aromatic hydroxyl groups is 1. The lowest BCUT2D eigenvalue weighted by molar-refractivity contribution is 0.0784. The number of hydrogen-bond donors (Lipinski definition) is 2. The van der Waals surface area contributed by atoms with Crippen LogP contribution in [0.2, 0.25) is 0 Å². The number of benzene rings is 3. The van der Waals surface area contributed by atoms with E-state index in [9.17, 15) is 14.7 Å². The predicted octanol–water partition coefficient (Wildman–Crippen LogP) is 5.47. The maximum absolute atomic E-state index is 13.1. The lowest BCUT2D eigenvalue weighted by atomic mass is 10.0. The second-order valence-electron chi connectivity index (χ2n) is 8.55. The lowest BCUT2D eigenvalue weighted by Crippen LogP contribution is -2.26. The first-order valence-corrected chi connectivity index (χ1v) is 12.9. The van der Waals surface area contributed by atoms with Gasteiger partial charge in [0.25, 0.3) is 5.91 Å². The van der Waals surface area contributed by atoms with Gasteiger partial charge in [0, 0.05) is 25.6 Å². The topological polar surface area (TPSA) is 91.9 Å². The molecule has 0 aliphatic rings. The normalized spacial score (nSPS) is 10.8. The van der Waals surface area contributed by atoms with Gasteiger partial charge < -0.3 is 19.5 Å². The number of ether oxygens (including phenoxy) is 2. The number of hydrogen-bond acceptors (Lipinski definition) is 6. The number of amides is 1. The molecule has 0 bridgehead atoms. The van der Waals surface area contributed by atoms with Gasteiger partial charge in [-0.05, 0) is 60.4 Å². The second-order valence-corrected chi connectivity index (χ2v) is 9.62. The molecule has 7 nitrogen and oxygen atoms in total. The highest BCUT2D eigenvalue weighted by molar-refractivity contribution is 7.09. The van der Waals surface area contributed by atoms with Gasteiger partial charge in [0.2, 0.25) is 5.88 Å². The van der Waals surface area contributed by atoms with Crippen LogP contribution in [-0.2, 0) is 13.0 Å². The van der Waals surface area contributed by atoms with Gasteiger partial charge in [-0.1, -0.05) is 53.8 Å². The molecule has 8 heteroatoms. The molecule has 4 aromatic rings. The van der Waals surface area contributed by atoms with Crippen molar-refractivity contribution in [1.82, 2.24) is 9.88 Å². The summed E-state index contributed by atoms with van der Waals surface area (Å²) in [6, 6.07) is 21.4. The Bertz CT molecular complexity index is 1420. The van der Waals surface area contributed by atoms with Crippen LogP contribution >= 0.6 is 11.3 Å². The van der Waals surface area contributed by atoms with Crippen molar-refractivity contribution in [3.63, 3.8) is 0 Å². The van der Waals surface area contributed by atoms with E-state index in [2.05, 4.69) is 11.1 Å². The molecule has 192 valence electrons. The number of nitrogens with one attached hydrogen (secondary N) is 1. The monoisotopic (exact) mass is 518 g/mol. The van der Waals surface area contributed by atoms with Crippen molar-refractivity contribution in [2.75, 3.05) is 20.3 Å². The highest BCUT2D eigenvalue weighted by atomic mass is 32.1. The molecule has 0 saturated heterocycles. The molecule has 0 spiro atoms. The SMILES string of the molecule is CCOc1ccc(C(=O)N(C)Cc2cccc(-c3ccc(Cc4sc(=O)[nH]c4O)cc3)c2)cc1OCC. The molecule has 0 aliphatic carbocycles. The molecular weight excluding hydrogens is 488 g/mol. The molecule has 1 amide bonds. The van der Waals surface area contributed by atoms with E-state index in [1.807, 2.05) is 56.3 Å². The zero-order valence-electron chi connectivity index (χ0n) is 21.1. The standard InChI is InChI=1S/C29H30N2O5S/c1-4-35-24-14-13-23(17-25(24)36-5-2)28(33)31(3)18-20-7-6-8-22(15-20)21-11-9-19(10-12-21)16-26-27(32)30-29(34)37-26/h6-15,17,32H,4-5,16,18H2,1-3H3,(H,30,34). The number of thiazole rings is 1. The Morgan fingerprint density at radius 2 is 1.65 bits per heavy atom. The fourth-order valence-corrected chi connectivity index (χ4v) is 4.83. The van der Waals surface area contributed by atoms with Gasteiger partial charge in [-0.25, -0.2) is 0 Å². The van der Waals surface area contributed by atoms with Gasteiger partial charge in [-0.2, -0.15) is 0 Å². The number of carbonyl (C=O) groups excluding carboxylic acids is 1. The van der Waals surface area contributed by atoms with Crippen molar-refractivity contribution < 1.29 is 19.4 Å². The average molecular weight is 519 g/mol. The van der Waals surface area contributed by atoms with E-state index in [-0.39, 0.29) is 16.7 Å². The molecule has 0 saturated carbocycles. The van der Waals surface area contributed by atoms with Crippen LogP contribution < -0.4 is 14.3 Å². The van der Waals surface area contributed by atoms with Crippen molar-refractivity contribution >= 4 is 17.2 Å². The van der Waals surface area contributed by atoms with Crippen LogP contribution in [0.15, 0.2) is 71.5 Å². The second kappa shape index (κ2) is 11.8. The number of nitrogens with zero attached hydrogens (tertiary/aromatic N) is 1. The Morgan fingerprint density at radius 1 is 0.919 bits per heavy atom. The third kappa shape index (κ3) is 6.40. The summed E-state index contributed by atoms with van der Waals surface area (Å²) in [7, 11) is 1.78. The molecule has 4 rings (SSSR count). The Morgan fingerprint density at radius 3 is 2.32 bits per heavy atom. The van der Waals surface area contributed by atoms with Crippen LogP contribution in [0.1, 0.15) is 40.2 Å². The average Bonchev–Trinajstić information content (AvgIpc) is 3.21. The van der Waals surface area contributed by atoms with Crippen molar-refractivity contribution in [2.45, 2.75) is 26.8 Å². The van der Waals surface area contributed by atoms with E-state index < -0.39 is 0 Å². The molecule has 37 heavy (non-hydrogen) atoms. The summed E-state index contributed by atoms with van der Waals surface area (Å²) in [6.07, 6.45) is 0.485. The van der Waals surface area contributed by atoms with E-state index in [0.29, 0.717) is 48.1 Å². The molecule has 0 radical (unpaired) electrons. The maximum Gasteiger partial charge on any atom is 0.307 e. The zero-order chi connectivity index (χ0) is 26.4. The van der Waals surface area contributed by atoms with Gasteiger partial charge in [0.05, 0.1) is 18.1 Å². The van der Waals surface area contributed by atoms with Crippen molar-refractivity contribution in [1.29, 1.82) is 0 Å². The first-order valence-electron chi connectivity index (χ1n) is 12.1. The summed E-state index contributed by atoms with van der Waals surface area (Å²) >= 11 is 1.02. The highest BCUT2D eigenvalue weighted by Gasteiger charge is 2.16. The third-order valence-corrected chi connectivity index (χ3v) is 6.71. The number of aromatic nitrogens is 1. The minimum Gasteiger partial charge on any atom is -0.494 e. The van der Waals surface area contributed by atoms with E-state index >= 15 is 0 Å². The number of rotatable bonds is 10. The lowest BCUT2D eigenvalue weighted by Gasteiger charge is -2.19. The Kier molecular flexibility index (Phi) is 8.30. The molecule has 0 atom stereocenters. The summed E-state index contributed by atoms with van der Waals surface area (Å²) in [5.74, 6) is 1.02. The van der Waals surface area contributed by atoms with Crippen molar-refractivity contribution in [3.8, 4) is 28.5 Å². The number of aromatic amines is 1. The van der Waals surface area contributed by atoms with Crippen molar-refractivity contribution in [2.24, 2.45) is 0 Å². The molecule has 0 aliphatic heterocycles. The van der Waals surface area contributed by atoms with Crippen LogP contribution in [0, 0.1) is 0 Å². The highest BCUT2D eigenvalue weighted by Crippen LogP contribution is 2.29. The Balaban J connectivity index is 1.45. The number of H-pyrrole nitrogens is 1. The summed E-state index contributed by atoms with van der Waals surface area (Å²) in [5, 5.41) is 9.83. The van der Waals surface area contributed by atoms with Gasteiger partial charge in [0.1, 0.15) is 0 Å². The van der Waals surface area contributed by atoms with E-state index in [0.717, 1.165) is 33.6 Å². The molecule has 0 fully saturated rings. The van der Waals surface area contributed by atoms with E-state index in [4.69, 9.17) is 9.47 Å². The quantitative estimate of drug-likeness (QED) is 0.291. The van der Waals surface area contributed by atoms with Gasteiger partial charge in [0.15, 0.2) is 11.5 Å². The predicted molar refractivity (Wildman–Crippen MR) is 146 cm³/mol. The van der Waals surface area contributed by atoms with Crippen LogP contribution in [0.3, 0.4) is 0 Å². The Labute approximate surface area is 219 Å². The fourth-order valence-electron chi connectivity index (χ4n) is 4.07. The van der Waals surface area contributed by atoms with E-state index in [1.165, 1.54) is 0 Å². The smallest absolute Gasteiger partial charge is 0.307 e. The molecule has 1 heterocycles. The molecule has 0 unspecified atom stereocenters. The fraction of sp³-hybridized carbons (Fsp3) is 0.241. The number of carbonyl (C=O) groups is 1. The van der Waals surface area contributed by atoms with Crippen LogP contribution in [0.5, 0.6) is 17.4 Å². The summed E-state index contributed by atoms with van der Waals surface area (Å²) < 4.78 is 11.3. The molecule has 2 N–H and O–H groups in total. The van der Waals surface area contributed by atoms with Crippen molar-refractivity contribution in [3.05, 3.63) is 98.0 Å².